The zero-order valence-electron chi connectivity index (χ0n) is 12.4. The van der Waals surface area contributed by atoms with Gasteiger partial charge < -0.3 is 10.1 Å². The second-order valence-corrected chi connectivity index (χ2v) is 6.91. The van der Waals surface area contributed by atoms with E-state index in [1.54, 1.807) is 12.1 Å². The first-order valence-electron chi connectivity index (χ1n) is 6.79. The number of aryl methyl sites for hydroxylation is 1. The van der Waals surface area contributed by atoms with E-state index in [2.05, 4.69) is 10.1 Å². The second-order valence-electron chi connectivity index (χ2n) is 5.02. The number of carbonyl (C=O) groups excluding carboxylic acids is 2. The minimum Gasteiger partial charge on any atom is -0.469 e. The predicted molar refractivity (Wildman–Crippen MR) is 78.5 cm³/mol. The van der Waals surface area contributed by atoms with Crippen LogP contribution in [0.3, 0.4) is 0 Å². The Morgan fingerprint density at radius 3 is 2.59 bits per heavy atom. The molecule has 7 nitrogen and oxygen atoms in total. The number of rotatable bonds is 4. The Morgan fingerprint density at radius 2 is 2.00 bits per heavy atom. The van der Waals surface area contributed by atoms with Crippen molar-refractivity contribution in [2.45, 2.75) is 24.3 Å². The zero-order valence-corrected chi connectivity index (χ0v) is 13.2. The van der Waals surface area contributed by atoms with Gasteiger partial charge in [0.2, 0.25) is 15.9 Å². The number of carbonyl (C=O) groups is 2. The summed E-state index contributed by atoms with van der Waals surface area (Å²) in [6.07, 6.45) is -0.312. The van der Waals surface area contributed by atoms with Crippen molar-refractivity contribution in [3.8, 4) is 0 Å². The van der Waals surface area contributed by atoms with Crippen LogP contribution in [-0.4, -0.2) is 50.8 Å². The fraction of sp³-hybridized carbons (Fsp3) is 0.429. The van der Waals surface area contributed by atoms with Crippen LogP contribution in [-0.2, 0) is 24.3 Å². The maximum Gasteiger partial charge on any atom is 0.307 e. The highest BCUT2D eigenvalue weighted by atomic mass is 32.2. The number of nitrogens with one attached hydrogen (secondary N) is 1. The molecule has 1 aliphatic rings. The first kappa shape index (κ1) is 16.4. The van der Waals surface area contributed by atoms with Crippen molar-refractivity contribution in [3.05, 3.63) is 29.8 Å². The third-order valence-corrected chi connectivity index (χ3v) is 5.42. The monoisotopic (exact) mass is 326 g/mol. The SMILES string of the molecule is COC(=O)CC1C(=O)NCCN1S(=O)(=O)c1ccc(C)cc1. The van der Waals surface area contributed by atoms with Gasteiger partial charge in [-0.15, -0.1) is 0 Å². The normalized spacial score (nSPS) is 19.5. The third-order valence-electron chi connectivity index (χ3n) is 3.50. The smallest absolute Gasteiger partial charge is 0.307 e. The topological polar surface area (TPSA) is 92.8 Å². The van der Waals surface area contributed by atoms with E-state index >= 15 is 0 Å². The van der Waals surface area contributed by atoms with Crippen LogP contribution in [0.25, 0.3) is 0 Å². The van der Waals surface area contributed by atoms with Gasteiger partial charge in [0.1, 0.15) is 6.04 Å². The standard InChI is InChI=1S/C14H18N2O5S/c1-10-3-5-11(6-4-10)22(19,20)16-8-7-15-14(18)12(16)9-13(17)21-2/h3-6,12H,7-9H2,1-2H3,(H,15,18). The quantitative estimate of drug-likeness (QED) is 0.789. The molecule has 120 valence electrons. The third kappa shape index (κ3) is 3.28. The van der Waals surface area contributed by atoms with E-state index in [9.17, 15) is 18.0 Å². The Morgan fingerprint density at radius 1 is 1.36 bits per heavy atom. The molecule has 1 unspecified atom stereocenters. The van der Waals surface area contributed by atoms with Crippen molar-refractivity contribution < 1.29 is 22.7 Å². The number of methoxy groups -OCH3 is 1. The van der Waals surface area contributed by atoms with E-state index in [0.717, 1.165) is 9.87 Å². The summed E-state index contributed by atoms with van der Waals surface area (Å²) in [4.78, 5) is 23.5. The molecule has 1 atom stereocenters. The van der Waals surface area contributed by atoms with Gasteiger partial charge in [-0.1, -0.05) is 17.7 Å². The largest absolute Gasteiger partial charge is 0.469 e. The molecule has 0 radical (unpaired) electrons. The highest BCUT2D eigenvalue weighted by molar-refractivity contribution is 7.89. The molecule has 8 heteroatoms. The molecule has 0 aliphatic carbocycles. The van der Waals surface area contributed by atoms with Crippen LogP contribution in [0, 0.1) is 6.92 Å². The molecule has 1 aliphatic heterocycles. The molecule has 0 bridgehead atoms. The van der Waals surface area contributed by atoms with E-state index in [1.807, 2.05) is 6.92 Å². The Balaban J connectivity index is 2.35. The van der Waals surface area contributed by atoms with Gasteiger partial charge in [0, 0.05) is 13.1 Å². The predicted octanol–water partition coefficient (Wildman–Crippen LogP) is 0.0472. The van der Waals surface area contributed by atoms with Crippen molar-refractivity contribution in [1.29, 1.82) is 0 Å². The first-order chi connectivity index (χ1) is 10.4. The van der Waals surface area contributed by atoms with E-state index < -0.39 is 27.9 Å². The minimum atomic E-state index is -3.85. The summed E-state index contributed by atoms with van der Waals surface area (Å²) in [5, 5.41) is 2.57. The number of nitrogens with zero attached hydrogens (tertiary/aromatic N) is 1. The van der Waals surface area contributed by atoms with Crippen LogP contribution < -0.4 is 5.32 Å². The number of hydrogen-bond acceptors (Lipinski definition) is 5. The molecule has 1 aromatic carbocycles. The fourth-order valence-corrected chi connectivity index (χ4v) is 3.85. The Hall–Kier alpha value is -1.93. The van der Waals surface area contributed by atoms with Gasteiger partial charge in [-0.3, -0.25) is 9.59 Å². The van der Waals surface area contributed by atoms with Crippen molar-refractivity contribution in [3.63, 3.8) is 0 Å². The highest BCUT2D eigenvalue weighted by Crippen LogP contribution is 2.22. The minimum absolute atomic E-state index is 0.0997. The van der Waals surface area contributed by atoms with Gasteiger partial charge >= 0.3 is 5.97 Å². The summed E-state index contributed by atoms with van der Waals surface area (Å²) in [5.41, 5.74) is 0.932. The number of ether oxygens (including phenoxy) is 1. The van der Waals surface area contributed by atoms with Gasteiger partial charge in [-0.05, 0) is 19.1 Å². The van der Waals surface area contributed by atoms with E-state index in [4.69, 9.17) is 0 Å². The van der Waals surface area contributed by atoms with Gasteiger partial charge in [-0.2, -0.15) is 4.31 Å². The molecule has 1 amide bonds. The molecule has 1 aromatic rings. The summed E-state index contributed by atoms with van der Waals surface area (Å²) in [5.74, 6) is -1.13. The molecule has 1 fully saturated rings. The molecule has 1 N–H and O–H groups in total. The van der Waals surface area contributed by atoms with Crippen molar-refractivity contribution in [1.82, 2.24) is 9.62 Å². The molecule has 2 rings (SSSR count). The van der Waals surface area contributed by atoms with Crippen LogP contribution in [0.5, 0.6) is 0 Å². The lowest BCUT2D eigenvalue weighted by Crippen LogP contribution is -2.57. The molecular formula is C14H18N2O5S. The zero-order chi connectivity index (χ0) is 16.3. The lowest BCUT2D eigenvalue weighted by Gasteiger charge is -2.33. The van der Waals surface area contributed by atoms with E-state index in [0.29, 0.717) is 0 Å². The van der Waals surface area contributed by atoms with Gasteiger partial charge in [0.05, 0.1) is 18.4 Å². The van der Waals surface area contributed by atoms with Crippen LogP contribution in [0.4, 0.5) is 0 Å². The average molecular weight is 326 g/mol. The van der Waals surface area contributed by atoms with Crippen LogP contribution in [0.15, 0.2) is 29.2 Å². The lowest BCUT2D eigenvalue weighted by molar-refractivity contribution is -0.144. The second kappa shape index (κ2) is 6.45. The molecule has 0 aromatic heterocycles. The molecular weight excluding hydrogens is 308 g/mol. The Labute approximate surface area is 129 Å². The summed E-state index contributed by atoms with van der Waals surface area (Å²) in [7, 11) is -2.65. The molecule has 1 saturated heterocycles. The molecule has 0 saturated carbocycles. The summed E-state index contributed by atoms with van der Waals surface area (Å²) in [6.45, 7) is 2.18. The van der Waals surface area contributed by atoms with Crippen LogP contribution in [0.1, 0.15) is 12.0 Å². The van der Waals surface area contributed by atoms with Crippen LogP contribution >= 0.6 is 0 Å². The maximum absolute atomic E-state index is 12.7. The van der Waals surface area contributed by atoms with Gasteiger partial charge in [0.15, 0.2) is 0 Å². The van der Waals surface area contributed by atoms with E-state index in [-0.39, 0.29) is 24.4 Å². The number of sulfonamides is 1. The molecule has 22 heavy (non-hydrogen) atoms. The summed E-state index contributed by atoms with van der Waals surface area (Å²) in [6, 6.07) is 5.27. The van der Waals surface area contributed by atoms with Gasteiger partial charge in [-0.25, -0.2) is 8.42 Å². The first-order valence-corrected chi connectivity index (χ1v) is 8.23. The lowest BCUT2D eigenvalue weighted by atomic mass is 10.1. The molecule has 1 heterocycles. The number of benzene rings is 1. The highest BCUT2D eigenvalue weighted by Gasteiger charge is 2.39. The fourth-order valence-electron chi connectivity index (χ4n) is 2.26. The number of esters is 1. The summed E-state index contributed by atoms with van der Waals surface area (Å²) < 4.78 is 31.0. The van der Waals surface area contributed by atoms with E-state index in [1.165, 1.54) is 19.2 Å². The summed E-state index contributed by atoms with van der Waals surface area (Å²) >= 11 is 0. The van der Waals surface area contributed by atoms with Crippen molar-refractivity contribution >= 4 is 21.9 Å². The average Bonchev–Trinajstić information content (AvgIpc) is 2.49. The van der Waals surface area contributed by atoms with Crippen molar-refractivity contribution in [2.24, 2.45) is 0 Å². The Kier molecular flexibility index (Phi) is 4.82. The number of amides is 1. The number of piperazine rings is 1. The van der Waals surface area contributed by atoms with Gasteiger partial charge in [0.25, 0.3) is 0 Å². The maximum atomic E-state index is 12.7. The molecule has 0 spiro atoms. The van der Waals surface area contributed by atoms with Crippen LogP contribution in [0.2, 0.25) is 0 Å². The Bertz CT molecular complexity index is 669. The number of hydrogen-bond donors (Lipinski definition) is 1. The van der Waals surface area contributed by atoms with Crippen molar-refractivity contribution in [2.75, 3.05) is 20.2 Å².